The van der Waals surface area contributed by atoms with Crippen LogP contribution in [0.25, 0.3) is 5.69 Å². The number of aromatic nitrogens is 1. The van der Waals surface area contributed by atoms with Crippen LogP contribution in [0.3, 0.4) is 0 Å². The summed E-state index contributed by atoms with van der Waals surface area (Å²) in [5, 5.41) is 9.64. The van der Waals surface area contributed by atoms with E-state index in [4.69, 9.17) is 0 Å². The second kappa shape index (κ2) is 3.85. The fraction of sp³-hybridized carbons (Fsp3) is 0.333. The normalized spacial score (nSPS) is 17.0. The number of hydrogen-bond donors (Lipinski definition) is 0. The average Bonchev–Trinajstić information content (AvgIpc) is 2.97. The first-order valence-corrected chi connectivity index (χ1v) is 7.30. The number of fused-ring (bicyclic) bond motifs is 4. The molecule has 0 saturated carbocycles. The lowest BCUT2D eigenvalue weighted by molar-refractivity contribution is 0.392. The van der Waals surface area contributed by atoms with Crippen molar-refractivity contribution in [3.63, 3.8) is 0 Å². The molecule has 2 aromatic rings. The summed E-state index contributed by atoms with van der Waals surface area (Å²) in [6.07, 6.45) is 2.27. The molecule has 1 aromatic heterocycles. The van der Waals surface area contributed by atoms with Crippen LogP contribution in [0.5, 0.6) is 0 Å². The number of para-hydroxylation sites is 1. The van der Waals surface area contributed by atoms with Gasteiger partial charge in [-0.1, -0.05) is 32.0 Å². The van der Waals surface area contributed by atoms with Gasteiger partial charge in [-0.05, 0) is 35.4 Å². The first-order chi connectivity index (χ1) is 10.0. The van der Waals surface area contributed by atoms with Gasteiger partial charge in [0, 0.05) is 17.7 Å². The molecule has 3 nitrogen and oxygen atoms in total. The molecule has 0 atom stereocenters. The maximum Gasteiger partial charge on any atom is 0.258 e. The molecule has 0 N–H and O–H groups in total. The quantitative estimate of drug-likeness (QED) is 0.634. The van der Waals surface area contributed by atoms with E-state index in [0.29, 0.717) is 6.42 Å². The molecule has 1 aliphatic heterocycles. The number of rotatable bonds is 0. The Morgan fingerprint density at radius 1 is 1.19 bits per heavy atom. The van der Waals surface area contributed by atoms with Gasteiger partial charge in [0.25, 0.3) is 5.56 Å². The van der Waals surface area contributed by atoms with Crippen molar-refractivity contribution >= 4 is 0 Å². The Morgan fingerprint density at radius 2 is 1.90 bits per heavy atom. The van der Waals surface area contributed by atoms with E-state index in [1.165, 1.54) is 0 Å². The standard InChI is InChI=1S/C18H16N2O/c1-18(2)8-12-13(9-18)17(21)20-15-6-4-3-5-11(15)7-16(20)14(12)10-19/h3-6H,7-9H2,1-2H3. The summed E-state index contributed by atoms with van der Waals surface area (Å²) >= 11 is 0. The fourth-order valence-electron chi connectivity index (χ4n) is 3.83. The lowest BCUT2D eigenvalue weighted by Gasteiger charge is -2.14. The molecule has 0 amide bonds. The minimum Gasteiger partial charge on any atom is -0.279 e. The molecule has 0 radical (unpaired) electrons. The van der Waals surface area contributed by atoms with Crippen molar-refractivity contribution in [1.29, 1.82) is 5.26 Å². The lowest BCUT2D eigenvalue weighted by atomic mass is 9.90. The van der Waals surface area contributed by atoms with Crippen molar-refractivity contribution in [2.24, 2.45) is 5.41 Å². The molecule has 2 aliphatic rings. The van der Waals surface area contributed by atoms with Crippen LogP contribution >= 0.6 is 0 Å². The van der Waals surface area contributed by atoms with E-state index in [1.54, 1.807) is 4.57 Å². The molecule has 0 bridgehead atoms. The predicted molar refractivity (Wildman–Crippen MR) is 80.7 cm³/mol. The Morgan fingerprint density at radius 3 is 2.67 bits per heavy atom. The van der Waals surface area contributed by atoms with Gasteiger partial charge in [-0.25, -0.2) is 0 Å². The van der Waals surface area contributed by atoms with Gasteiger partial charge < -0.3 is 0 Å². The number of benzene rings is 1. The minimum atomic E-state index is 0.0717. The third-order valence-electron chi connectivity index (χ3n) is 4.70. The summed E-state index contributed by atoms with van der Waals surface area (Å²) < 4.78 is 1.77. The van der Waals surface area contributed by atoms with Crippen LogP contribution in [0.4, 0.5) is 0 Å². The molecule has 0 fully saturated rings. The van der Waals surface area contributed by atoms with Gasteiger partial charge in [0.2, 0.25) is 0 Å². The van der Waals surface area contributed by atoms with E-state index >= 15 is 0 Å². The van der Waals surface area contributed by atoms with E-state index in [-0.39, 0.29) is 11.0 Å². The van der Waals surface area contributed by atoms with Crippen molar-refractivity contribution in [1.82, 2.24) is 4.57 Å². The van der Waals surface area contributed by atoms with Crippen molar-refractivity contribution in [3.05, 3.63) is 62.6 Å². The number of hydrogen-bond acceptors (Lipinski definition) is 2. The lowest BCUT2D eigenvalue weighted by Crippen LogP contribution is -2.24. The largest absolute Gasteiger partial charge is 0.279 e. The van der Waals surface area contributed by atoms with Crippen molar-refractivity contribution in [3.8, 4) is 11.8 Å². The summed E-state index contributed by atoms with van der Waals surface area (Å²) in [5.41, 5.74) is 5.67. The third-order valence-corrected chi connectivity index (χ3v) is 4.70. The van der Waals surface area contributed by atoms with Crippen molar-refractivity contribution in [2.45, 2.75) is 33.1 Å². The minimum absolute atomic E-state index is 0.0717. The Hall–Kier alpha value is -2.34. The van der Waals surface area contributed by atoms with Crippen LogP contribution in [0.2, 0.25) is 0 Å². The zero-order chi connectivity index (χ0) is 14.8. The van der Waals surface area contributed by atoms with E-state index < -0.39 is 0 Å². The number of nitrogens with zero attached hydrogens (tertiary/aromatic N) is 2. The first-order valence-electron chi connectivity index (χ1n) is 7.30. The smallest absolute Gasteiger partial charge is 0.258 e. The average molecular weight is 276 g/mol. The van der Waals surface area contributed by atoms with E-state index in [0.717, 1.165) is 46.5 Å². The highest BCUT2D eigenvalue weighted by molar-refractivity contribution is 5.59. The van der Waals surface area contributed by atoms with Gasteiger partial charge in [-0.15, -0.1) is 0 Å². The maximum absolute atomic E-state index is 12.9. The monoisotopic (exact) mass is 276 g/mol. The summed E-state index contributed by atoms with van der Waals surface area (Å²) in [5.74, 6) is 0. The zero-order valence-electron chi connectivity index (χ0n) is 12.2. The van der Waals surface area contributed by atoms with Gasteiger partial charge in [0.15, 0.2) is 0 Å². The SMILES string of the molecule is CC1(C)Cc2c(C#N)c3n(c(=O)c2C1)-c1ccccc1C3. The van der Waals surface area contributed by atoms with Crippen LogP contribution in [0.15, 0.2) is 29.1 Å². The molecule has 1 aromatic carbocycles. The summed E-state index contributed by atoms with van der Waals surface area (Å²) in [6.45, 7) is 4.33. The molecule has 104 valence electrons. The summed E-state index contributed by atoms with van der Waals surface area (Å²) in [7, 11) is 0. The Labute approximate surface area is 123 Å². The fourth-order valence-corrected chi connectivity index (χ4v) is 3.83. The molecular weight excluding hydrogens is 260 g/mol. The second-order valence-electron chi connectivity index (χ2n) is 6.85. The van der Waals surface area contributed by atoms with Crippen LogP contribution in [0, 0.1) is 16.7 Å². The molecule has 4 rings (SSSR count). The molecule has 0 unspecified atom stereocenters. The van der Waals surface area contributed by atoms with Crippen molar-refractivity contribution in [2.75, 3.05) is 0 Å². The Bertz CT molecular complexity index is 881. The highest BCUT2D eigenvalue weighted by Crippen LogP contribution is 2.39. The molecule has 1 aliphatic carbocycles. The highest BCUT2D eigenvalue weighted by atomic mass is 16.1. The van der Waals surface area contributed by atoms with E-state index in [9.17, 15) is 10.1 Å². The van der Waals surface area contributed by atoms with Gasteiger partial charge in [-0.3, -0.25) is 9.36 Å². The van der Waals surface area contributed by atoms with Gasteiger partial charge in [0.1, 0.15) is 6.07 Å². The van der Waals surface area contributed by atoms with Crippen LogP contribution in [-0.4, -0.2) is 4.57 Å². The summed E-state index contributed by atoms with van der Waals surface area (Å²) in [4.78, 5) is 12.9. The molecule has 2 heterocycles. The molecular formula is C18H16N2O. The number of nitriles is 1. The Balaban J connectivity index is 2.10. The van der Waals surface area contributed by atoms with E-state index in [1.807, 2.05) is 24.3 Å². The molecule has 21 heavy (non-hydrogen) atoms. The summed E-state index contributed by atoms with van der Waals surface area (Å²) in [6, 6.07) is 10.3. The van der Waals surface area contributed by atoms with Crippen LogP contribution in [0.1, 0.15) is 41.8 Å². The van der Waals surface area contributed by atoms with Crippen LogP contribution in [-0.2, 0) is 19.3 Å². The van der Waals surface area contributed by atoms with Crippen LogP contribution < -0.4 is 5.56 Å². The highest BCUT2D eigenvalue weighted by Gasteiger charge is 2.36. The van der Waals surface area contributed by atoms with Gasteiger partial charge in [0.05, 0.1) is 11.3 Å². The van der Waals surface area contributed by atoms with E-state index in [2.05, 4.69) is 19.9 Å². The second-order valence-corrected chi connectivity index (χ2v) is 6.85. The topological polar surface area (TPSA) is 45.8 Å². The van der Waals surface area contributed by atoms with Gasteiger partial charge >= 0.3 is 0 Å². The molecule has 0 spiro atoms. The molecule has 0 saturated heterocycles. The Kier molecular flexibility index (Phi) is 2.28. The predicted octanol–water partition coefficient (Wildman–Crippen LogP) is 2.74. The zero-order valence-corrected chi connectivity index (χ0v) is 12.2. The third kappa shape index (κ3) is 1.56. The molecule has 3 heteroatoms. The van der Waals surface area contributed by atoms with Gasteiger partial charge in [-0.2, -0.15) is 5.26 Å². The van der Waals surface area contributed by atoms with Crippen molar-refractivity contribution < 1.29 is 0 Å². The maximum atomic E-state index is 12.9. The first kappa shape index (κ1) is 12.4. The number of pyridine rings is 1.